The summed E-state index contributed by atoms with van der Waals surface area (Å²) in [5.41, 5.74) is 0.483. The van der Waals surface area contributed by atoms with Crippen molar-refractivity contribution in [2.45, 2.75) is 17.8 Å². The van der Waals surface area contributed by atoms with Gasteiger partial charge in [-0.05, 0) is 24.8 Å². The largest absolute Gasteiger partial charge is 0.461 e. The summed E-state index contributed by atoms with van der Waals surface area (Å²) >= 11 is 1.42. The van der Waals surface area contributed by atoms with Gasteiger partial charge in [-0.1, -0.05) is 18.2 Å². The number of hydrogen-bond acceptors (Lipinski definition) is 4. The predicted octanol–water partition coefficient (Wildman–Crippen LogP) is 2.30. The van der Waals surface area contributed by atoms with Gasteiger partial charge in [0.15, 0.2) is 0 Å². The Morgan fingerprint density at radius 2 is 2.11 bits per heavy atom. The van der Waals surface area contributed by atoms with Crippen LogP contribution < -0.4 is 0 Å². The molecule has 0 aliphatic rings. The minimum absolute atomic E-state index is 0.139. The van der Waals surface area contributed by atoms with Crippen molar-refractivity contribution < 1.29 is 19.0 Å². The first kappa shape index (κ1) is 15.0. The van der Waals surface area contributed by atoms with E-state index in [1.807, 2.05) is 12.3 Å². The molecule has 0 spiro atoms. The number of esters is 1. The lowest BCUT2D eigenvalue weighted by Gasteiger charge is -2.16. The number of carbonyl (C=O) groups excluding carboxylic acids is 1. The standard InChI is InChI=1S/C13H17FO3S/c1-18-12(7-11(14)8-15)9-17-13(16)10-5-3-2-4-6-10/h2-6,11-12,15H,7-9H2,1H3/t11?,12-/m0/s1. The smallest absolute Gasteiger partial charge is 0.338 e. The number of ether oxygens (including phenoxy) is 1. The molecule has 5 heteroatoms. The van der Waals surface area contributed by atoms with Gasteiger partial charge in [-0.15, -0.1) is 0 Å². The molecule has 0 saturated heterocycles. The van der Waals surface area contributed by atoms with Crippen LogP contribution >= 0.6 is 11.8 Å². The maximum Gasteiger partial charge on any atom is 0.338 e. The molecule has 0 heterocycles. The molecule has 0 saturated carbocycles. The molecule has 1 unspecified atom stereocenters. The number of carbonyl (C=O) groups is 1. The first-order valence-electron chi connectivity index (χ1n) is 5.67. The Kier molecular flexibility index (Phi) is 6.75. The number of benzene rings is 1. The summed E-state index contributed by atoms with van der Waals surface area (Å²) in [5.74, 6) is -0.408. The van der Waals surface area contributed by atoms with Crippen LogP contribution in [0, 0.1) is 0 Å². The van der Waals surface area contributed by atoms with Gasteiger partial charge in [0.1, 0.15) is 12.8 Å². The van der Waals surface area contributed by atoms with Crippen molar-refractivity contribution in [1.29, 1.82) is 0 Å². The summed E-state index contributed by atoms with van der Waals surface area (Å²) < 4.78 is 18.1. The van der Waals surface area contributed by atoms with Gasteiger partial charge in [0.25, 0.3) is 0 Å². The highest BCUT2D eigenvalue weighted by molar-refractivity contribution is 7.99. The summed E-state index contributed by atoms with van der Waals surface area (Å²) in [4.78, 5) is 11.6. The third-order valence-corrected chi connectivity index (χ3v) is 3.46. The average molecular weight is 272 g/mol. The van der Waals surface area contributed by atoms with E-state index in [2.05, 4.69) is 0 Å². The molecule has 18 heavy (non-hydrogen) atoms. The van der Waals surface area contributed by atoms with Crippen LogP contribution in [0.5, 0.6) is 0 Å². The molecular weight excluding hydrogens is 255 g/mol. The number of aliphatic hydroxyl groups is 1. The molecule has 0 aliphatic heterocycles. The second-order valence-electron chi connectivity index (χ2n) is 3.84. The van der Waals surface area contributed by atoms with E-state index >= 15 is 0 Å². The van der Waals surface area contributed by atoms with E-state index in [1.54, 1.807) is 24.3 Å². The Balaban J connectivity index is 2.41. The van der Waals surface area contributed by atoms with Crippen molar-refractivity contribution in [2.75, 3.05) is 19.5 Å². The van der Waals surface area contributed by atoms with Crippen LogP contribution in [0.1, 0.15) is 16.8 Å². The predicted molar refractivity (Wildman–Crippen MR) is 70.6 cm³/mol. The second kappa shape index (κ2) is 8.11. The van der Waals surface area contributed by atoms with Crippen LogP contribution in [-0.2, 0) is 4.74 Å². The Morgan fingerprint density at radius 3 is 2.67 bits per heavy atom. The number of rotatable bonds is 7. The molecule has 1 aromatic rings. The number of hydrogen-bond donors (Lipinski definition) is 1. The summed E-state index contributed by atoms with van der Waals surface area (Å²) in [6.45, 7) is -0.348. The lowest BCUT2D eigenvalue weighted by molar-refractivity contribution is 0.0492. The molecule has 2 atom stereocenters. The maximum absolute atomic E-state index is 13.0. The van der Waals surface area contributed by atoms with Crippen molar-refractivity contribution in [3.63, 3.8) is 0 Å². The van der Waals surface area contributed by atoms with E-state index in [-0.39, 0.29) is 18.3 Å². The summed E-state index contributed by atoms with van der Waals surface area (Å²) in [6, 6.07) is 8.67. The minimum atomic E-state index is -1.27. The number of aliphatic hydroxyl groups excluding tert-OH is 1. The van der Waals surface area contributed by atoms with Crippen LogP contribution in [0.15, 0.2) is 30.3 Å². The van der Waals surface area contributed by atoms with E-state index in [1.165, 1.54) is 11.8 Å². The zero-order chi connectivity index (χ0) is 13.4. The Hall–Kier alpha value is -1.07. The Labute approximate surface area is 110 Å². The van der Waals surface area contributed by atoms with E-state index in [0.29, 0.717) is 5.56 Å². The van der Waals surface area contributed by atoms with Gasteiger partial charge < -0.3 is 9.84 Å². The molecule has 1 N–H and O–H groups in total. The van der Waals surface area contributed by atoms with Crippen molar-refractivity contribution in [1.82, 2.24) is 0 Å². The molecule has 1 rings (SSSR count). The van der Waals surface area contributed by atoms with Crippen LogP contribution in [0.3, 0.4) is 0 Å². The second-order valence-corrected chi connectivity index (χ2v) is 4.98. The van der Waals surface area contributed by atoms with E-state index in [0.717, 1.165) is 0 Å². The first-order chi connectivity index (χ1) is 8.67. The topological polar surface area (TPSA) is 46.5 Å². The van der Waals surface area contributed by atoms with Gasteiger partial charge in [0, 0.05) is 5.25 Å². The molecule has 0 amide bonds. The van der Waals surface area contributed by atoms with Gasteiger partial charge in [-0.3, -0.25) is 0 Å². The summed E-state index contributed by atoms with van der Waals surface area (Å²) in [6.07, 6.45) is 0.739. The van der Waals surface area contributed by atoms with E-state index in [4.69, 9.17) is 9.84 Å². The van der Waals surface area contributed by atoms with Gasteiger partial charge in [0.05, 0.1) is 12.2 Å². The van der Waals surface area contributed by atoms with E-state index < -0.39 is 18.7 Å². The van der Waals surface area contributed by atoms with E-state index in [9.17, 15) is 9.18 Å². The number of thioether (sulfide) groups is 1. The maximum atomic E-state index is 13.0. The average Bonchev–Trinajstić information content (AvgIpc) is 2.43. The minimum Gasteiger partial charge on any atom is -0.461 e. The van der Waals surface area contributed by atoms with Crippen molar-refractivity contribution >= 4 is 17.7 Å². The quantitative estimate of drug-likeness (QED) is 0.774. The highest BCUT2D eigenvalue weighted by Gasteiger charge is 2.17. The molecule has 0 fully saturated rings. The Bertz CT molecular complexity index is 359. The van der Waals surface area contributed by atoms with Gasteiger partial charge in [-0.2, -0.15) is 11.8 Å². The number of halogens is 1. The number of alkyl halides is 1. The molecule has 100 valence electrons. The van der Waals surface area contributed by atoms with Crippen LogP contribution in [0.2, 0.25) is 0 Å². The molecule has 0 aromatic heterocycles. The fourth-order valence-electron chi connectivity index (χ4n) is 1.42. The molecule has 0 radical (unpaired) electrons. The van der Waals surface area contributed by atoms with Gasteiger partial charge in [0.2, 0.25) is 0 Å². The molecule has 3 nitrogen and oxygen atoms in total. The van der Waals surface area contributed by atoms with Crippen molar-refractivity contribution in [3.8, 4) is 0 Å². The lowest BCUT2D eigenvalue weighted by atomic mass is 10.2. The van der Waals surface area contributed by atoms with Crippen LogP contribution in [0.4, 0.5) is 4.39 Å². The molecule has 0 aliphatic carbocycles. The Morgan fingerprint density at radius 1 is 1.44 bits per heavy atom. The monoisotopic (exact) mass is 272 g/mol. The third-order valence-electron chi connectivity index (χ3n) is 2.46. The highest BCUT2D eigenvalue weighted by atomic mass is 32.2. The van der Waals surface area contributed by atoms with Gasteiger partial charge >= 0.3 is 5.97 Å². The SMILES string of the molecule is CS[C@H](COC(=O)c1ccccc1)CC(F)CO. The first-order valence-corrected chi connectivity index (χ1v) is 6.96. The zero-order valence-electron chi connectivity index (χ0n) is 10.2. The van der Waals surface area contributed by atoms with Crippen LogP contribution in [-0.4, -0.2) is 42.0 Å². The fraction of sp³-hybridized carbons (Fsp3) is 0.462. The summed E-state index contributed by atoms with van der Waals surface area (Å²) in [7, 11) is 0. The van der Waals surface area contributed by atoms with Gasteiger partial charge in [-0.25, -0.2) is 9.18 Å². The highest BCUT2D eigenvalue weighted by Crippen LogP contribution is 2.16. The molecular formula is C13H17FO3S. The van der Waals surface area contributed by atoms with Crippen molar-refractivity contribution in [2.24, 2.45) is 0 Å². The zero-order valence-corrected chi connectivity index (χ0v) is 11.0. The third kappa shape index (κ3) is 5.06. The normalized spacial score (nSPS) is 13.9. The molecule has 1 aromatic carbocycles. The molecule has 0 bridgehead atoms. The lowest BCUT2D eigenvalue weighted by Crippen LogP contribution is -2.21. The van der Waals surface area contributed by atoms with Crippen molar-refractivity contribution in [3.05, 3.63) is 35.9 Å². The summed E-state index contributed by atoms with van der Waals surface area (Å²) in [5, 5.41) is 8.50. The van der Waals surface area contributed by atoms with Crippen LogP contribution in [0.25, 0.3) is 0 Å². The fourth-order valence-corrected chi connectivity index (χ4v) is 2.02.